The van der Waals surface area contributed by atoms with Crippen LogP contribution in [-0.2, 0) is 16.0 Å². The molecule has 20 heavy (non-hydrogen) atoms. The highest BCUT2D eigenvalue weighted by Crippen LogP contribution is 2.38. The fourth-order valence-electron chi connectivity index (χ4n) is 2.76. The molecule has 0 aromatic heterocycles. The second-order valence-electron chi connectivity index (χ2n) is 5.77. The van der Waals surface area contributed by atoms with Crippen LogP contribution in [0.15, 0.2) is 24.3 Å². The Morgan fingerprint density at radius 2 is 1.90 bits per heavy atom. The maximum absolute atomic E-state index is 12.4. The van der Waals surface area contributed by atoms with E-state index in [1.165, 1.54) is 0 Å². The lowest BCUT2D eigenvalue weighted by Crippen LogP contribution is -2.31. The van der Waals surface area contributed by atoms with Gasteiger partial charge < -0.3 is 10.4 Å². The molecule has 1 amide bonds. The number of hydrogen-bond acceptors (Lipinski definition) is 2. The first-order valence-electron chi connectivity index (χ1n) is 7.12. The molecule has 1 aliphatic rings. The molecule has 2 N–H and O–H groups in total. The Morgan fingerprint density at radius 3 is 2.55 bits per heavy atom. The van der Waals surface area contributed by atoms with Crippen LogP contribution in [0.3, 0.4) is 0 Å². The topological polar surface area (TPSA) is 66.4 Å². The predicted octanol–water partition coefficient (Wildman–Crippen LogP) is 3.22. The molecule has 0 bridgehead atoms. The summed E-state index contributed by atoms with van der Waals surface area (Å²) in [6.45, 7) is 2.01. The van der Waals surface area contributed by atoms with Gasteiger partial charge in [0.1, 0.15) is 0 Å². The fraction of sp³-hybridized carbons (Fsp3) is 0.500. The third-order valence-corrected chi connectivity index (χ3v) is 4.13. The average molecular weight is 275 g/mol. The molecule has 0 unspecified atom stereocenters. The highest BCUT2D eigenvalue weighted by molar-refractivity contribution is 5.95. The number of amides is 1. The van der Waals surface area contributed by atoms with Crippen molar-refractivity contribution in [3.63, 3.8) is 0 Å². The highest BCUT2D eigenvalue weighted by Gasteiger charge is 2.36. The Kier molecular flexibility index (Phi) is 4.42. The molecule has 0 saturated heterocycles. The monoisotopic (exact) mass is 275 g/mol. The Labute approximate surface area is 119 Å². The van der Waals surface area contributed by atoms with Crippen molar-refractivity contribution in [2.24, 2.45) is 5.41 Å². The van der Waals surface area contributed by atoms with E-state index in [-0.39, 0.29) is 17.7 Å². The van der Waals surface area contributed by atoms with Crippen molar-refractivity contribution in [3.8, 4) is 0 Å². The van der Waals surface area contributed by atoms with E-state index in [4.69, 9.17) is 5.11 Å². The summed E-state index contributed by atoms with van der Waals surface area (Å²) in [4.78, 5) is 23.1. The molecular weight excluding hydrogens is 254 g/mol. The quantitative estimate of drug-likeness (QED) is 0.867. The van der Waals surface area contributed by atoms with E-state index >= 15 is 0 Å². The lowest BCUT2D eigenvalue weighted by atomic mass is 9.87. The first-order chi connectivity index (χ1) is 9.51. The molecule has 1 aromatic carbocycles. The number of aryl methyl sites for hydroxylation is 1. The molecule has 4 nitrogen and oxygen atoms in total. The predicted molar refractivity (Wildman–Crippen MR) is 77.6 cm³/mol. The number of para-hydroxylation sites is 1. The largest absolute Gasteiger partial charge is 0.481 e. The SMILES string of the molecule is CC1(C(=O)Nc2ccccc2CCC(=O)O)CCCC1. The number of anilines is 1. The van der Waals surface area contributed by atoms with Gasteiger partial charge in [-0.25, -0.2) is 0 Å². The number of benzene rings is 1. The maximum atomic E-state index is 12.4. The molecule has 0 aliphatic heterocycles. The normalized spacial score (nSPS) is 16.9. The van der Waals surface area contributed by atoms with Crippen molar-refractivity contribution < 1.29 is 14.7 Å². The molecule has 0 atom stereocenters. The second kappa shape index (κ2) is 6.07. The van der Waals surface area contributed by atoms with Crippen molar-refractivity contribution in [1.82, 2.24) is 0 Å². The molecule has 108 valence electrons. The number of carboxylic acids is 1. The number of hydrogen-bond donors (Lipinski definition) is 2. The van der Waals surface area contributed by atoms with Gasteiger partial charge in [0.2, 0.25) is 5.91 Å². The highest BCUT2D eigenvalue weighted by atomic mass is 16.4. The molecule has 1 fully saturated rings. The first-order valence-corrected chi connectivity index (χ1v) is 7.12. The van der Waals surface area contributed by atoms with E-state index in [0.717, 1.165) is 36.9 Å². The van der Waals surface area contributed by atoms with Crippen LogP contribution in [0, 0.1) is 5.41 Å². The first kappa shape index (κ1) is 14.6. The summed E-state index contributed by atoms with van der Waals surface area (Å²) in [6.07, 6.45) is 4.56. The van der Waals surface area contributed by atoms with Gasteiger partial charge in [-0.2, -0.15) is 0 Å². The van der Waals surface area contributed by atoms with E-state index in [1.54, 1.807) is 0 Å². The standard InChI is InChI=1S/C16H21NO3/c1-16(10-4-5-11-16)15(20)17-13-7-3-2-6-12(13)8-9-14(18)19/h2-3,6-7H,4-5,8-11H2,1H3,(H,17,20)(H,18,19). The van der Waals surface area contributed by atoms with Gasteiger partial charge in [-0.3, -0.25) is 9.59 Å². The minimum Gasteiger partial charge on any atom is -0.481 e. The summed E-state index contributed by atoms with van der Waals surface area (Å²) >= 11 is 0. The number of carboxylic acid groups (broad SMARTS) is 1. The summed E-state index contributed by atoms with van der Waals surface area (Å²) in [5, 5.41) is 11.8. The zero-order chi connectivity index (χ0) is 14.6. The zero-order valence-corrected chi connectivity index (χ0v) is 11.8. The zero-order valence-electron chi connectivity index (χ0n) is 11.8. The number of aliphatic carboxylic acids is 1. The van der Waals surface area contributed by atoms with Crippen molar-refractivity contribution in [2.75, 3.05) is 5.32 Å². The van der Waals surface area contributed by atoms with Gasteiger partial charge in [0, 0.05) is 17.5 Å². The number of rotatable bonds is 5. The van der Waals surface area contributed by atoms with Gasteiger partial charge in [-0.1, -0.05) is 38.0 Å². The van der Waals surface area contributed by atoms with Crippen molar-refractivity contribution in [3.05, 3.63) is 29.8 Å². The lowest BCUT2D eigenvalue weighted by molar-refractivity contribution is -0.137. The molecule has 1 aromatic rings. The average Bonchev–Trinajstić information content (AvgIpc) is 2.86. The van der Waals surface area contributed by atoms with E-state index < -0.39 is 5.97 Å². The summed E-state index contributed by atoms with van der Waals surface area (Å²) < 4.78 is 0. The van der Waals surface area contributed by atoms with Gasteiger partial charge in [0.25, 0.3) is 0 Å². The summed E-state index contributed by atoms with van der Waals surface area (Å²) in [5.74, 6) is -0.772. The lowest BCUT2D eigenvalue weighted by Gasteiger charge is -2.23. The minimum atomic E-state index is -0.825. The Balaban J connectivity index is 2.08. The third kappa shape index (κ3) is 3.38. The van der Waals surface area contributed by atoms with Gasteiger partial charge in [0.15, 0.2) is 0 Å². The minimum absolute atomic E-state index is 0.0535. The van der Waals surface area contributed by atoms with Crippen LogP contribution >= 0.6 is 0 Å². The number of nitrogens with one attached hydrogen (secondary N) is 1. The molecule has 2 rings (SSSR count). The van der Waals surface area contributed by atoms with Gasteiger partial charge in [0.05, 0.1) is 0 Å². The van der Waals surface area contributed by atoms with Crippen molar-refractivity contribution in [2.45, 2.75) is 45.4 Å². The molecule has 0 heterocycles. The Hall–Kier alpha value is -1.84. The van der Waals surface area contributed by atoms with E-state index in [0.29, 0.717) is 6.42 Å². The van der Waals surface area contributed by atoms with Crippen LogP contribution in [0.1, 0.15) is 44.6 Å². The fourth-order valence-corrected chi connectivity index (χ4v) is 2.76. The summed E-state index contributed by atoms with van der Waals surface area (Å²) in [7, 11) is 0. The van der Waals surface area contributed by atoms with Crippen LogP contribution in [0.2, 0.25) is 0 Å². The summed E-state index contributed by atoms with van der Waals surface area (Å²) in [5.41, 5.74) is 1.34. The van der Waals surface area contributed by atoms with Gasteiger partial charge in [-0.15, -0.1) is 0 Å². The van der Waals surface area contributed by atoms with Crippen LogP contribution in [-0.4, -0.2) is 17.0 Å². The van der Waals surface area contributed by atoms with E-state index in [1.807, 2.05) is 31.2 Å². The van der Waals surface area contributed by atoms with Gasteiger partial charge >= 0.3 is 5.97 Å². The Morgan fingerprint density at radius 1 is 1.25 bits per heavy atom. The molecule has 0 spiro atoms. The van der Waals surface area contributed by atoms with E-state index in [9.17, 15) is 9.59 Å². The summed E-state index contributed by atoms with van der Waals surface area (Å²) in [6, 6.07) is 7.43. The maximum Gasteiger partial charge on any atom is 0.303 e. The number of carbonyl (C=O) groups excluding carboxylic acids is 1. The number of carbonyl (C=O) groups is 2. The van der Waals surface area contributed by atoms with E-state index in [2.05, 4.69) is 5.32 Å². The molecule has 4 heteroatoms. The Bertz CT molecular complexity index is 504. The molecule has 1 saturated carbocycles. The second-order valence-corrected chi connectivity index (χ2v) is 5.77. The smallest absolute Gasteiger partial charge is 0.303 e. The molecule has 1 aliphatic carbocycles. The van der Waals surface area contributed by atoms with Gasteiger partial charge in [-0.05, 0) is 30.9 Å². The molecular formula is C16H21NO3. The van der Waals surface area contributed by atoms with Crippen LogP contribution < -0.4 is 5.32 Å². The van der Waals surface area contributed by atoms with Crippen LogP contribution in [0.5, 0.6) is 0 Å². The van der Waals surface area contributed by atoms with Crippen molar-refractivity contribution >= 4 is 17.6 Å². The van der Waals surface area contributed by atoms with Crippen LogP contribution in [0.25, 0.3) is 0 Å². The third-order valence-electron chi connectivity index (χ3n) is 4.13. The molecule has 0 radical (unpaired) electrons. The van der Waals surface area contributed by atoms with Crippen molar-refractivity contribution in [1.29, 1.82) is 0 Å². The van der Waals surface area contributed by atoms with Crippen LogP contribution in [0.4, 0.5) is 5.69 Å².